The fourth-order valence-corrected chi connectivity index (χ4v) is 2.55. The fraction of sp³-hybridized carbons (Fsp3) is 0.167. The van der Waals surface area contributed by atoms with Gasteiger partial charge in [0, 0.05) is 5.39 Å². The van der Waals surface area contributed by atoms with Crippen molar-refractivity contribution in [3.05, 3.63) is 17.1 Å². The zero-order chi connectivity index (χ0) is 6.27. The average Bonchev–Trinajstić information content (AvgIpc) is 2.35. The van der Waals surface area contributed by atoms with E-state index in [9.17, 15) is 0 Å². The number of thiophene rings is 1. The summed E-state index contributed by atoms with van der Waals surface area (Å²) in [4.78, 5) is 0. The Bertz CT molecular complexity index is 320. The minimum atomic E-state index is 1.16. The van der Waals surface area contributed by atoms with Gasteiger partial charge >= 0.3 is 0 Å². The van der Waals surface area contributed by atoms with Crippen molar-refractivity contribution in [1.82, 2.24) is 4.37 Å². The maximum atomic E-state index is 4.21. The average molecular weight is 155 g/mol. The predicted molar refractivity (Wildman–Crippen MR) is 42.2 cm³/mol. The van der Waals surface area contributed by atoms with Crippen LogP contribution in [0.15, 0.2) is 11.4 Å². The van der Waals surface area contributed by atoms with Gasteiger partial charge in [0.2, 0.25) is 0 Å². The molecular weight excluding hydrogens is 150 g/mol. The Kier molecular flexibility index (Phi) is 1.07. The Labute approximate surface area is 61.1 Å². The second-order valence-corrected chi connectivity index (χ2v) is 3.84. The van der Waals surface area contributed by atoms with Crippen molar-refractivity contribution in [1.29, 1.82) is 0 Å². The number of hydrogen-bond acceptors (Lipinski definition) is 3. The number of nitrogens with zero attached hydrogens (tertiary/aromatic N) is 1. The van der Waals surface area contributed by atoms with Crippen molar-refractivity contribution >= 4 is 32.3 Å². The minimum absolute atomic E-state index is 1.16. The van der Waals surface area contributed by atoms with Crippen molar-refractivity contribution in [3.8, 4) is 0 Å². The number of fused-ring (bicyclic) bond motifs is 1. The van der Waals surface area contributed by atoms with Crippen molar-refractivity contribution in [2.45, 2.75) is 6.92 Å². The number of rotatable bonds is 0. The van der Waals surface area contributed by atoms with Gasteiger partial charge < -0.3 is 0 Å². The third kappa shape index (κ3) is 0.686. The molecule has 9 heavy (non-hydrogen) atoms. The lowest BCUT2D eigenvalue weighted by Crippen LogP contribution is -1.62. The summed E-state index contributed by atoms with van der Waals surface area (Å²) in [7, 11) is 0. The Morgan fingerprint density at radius 1 is 1.56 bits per heavy atom. The zero-order valence-electron chi connectivity index (χ0n) is 4.92. The van der Waals surface area contributed by atoms with E-state index >= 15 is 0 Å². The minimum Gasteiger partial charge on any atom is -0.196 e. The topological polar surface area (TPSA) is 12.9 Å². The van der Waals surface area contributed by atoms with Crippen LogP contribution in [0, 0.1) is 6.92 Å². The van der Waals surface area contributed by atoms with Gasteiger partial charge in [0.15, 0.2) is 0 Å². The van der Waals surface area contributed by atoms with Gasteiger partial charge in [0.1, 0.15) is 4.01 Å². The van der Waals surface area contributed by atoms with Gasteiger partial charge in [0.05, 0.1) is 5.69 Å². The Morgan fingerprint density at radius 2 is 2.44 bits per heavy atom. The molecule has 0 N–H and O–H groups in total. The van der Waals surface area contributed by atoms with Gasteiger partial charge in [-0.15, -0.1) is 11.3 Å². The maximum Gasteiger partial charge on any atom is 0.107 e. The Balaban J connectivity index is 2.99. The van der Waals surface area contributed by atoms with Crippen molar-refractivity contribution in [3.63, 3.8) is 0 Å². The summed E-state index contributed by atoms with van der Waals surface area (Å²) >= 11 is 3.35. The van der Waals surface area contributed by atoms with Crippen LogP contribution >= 0.6 is 22.9 Å². The van der Waals surface area contributed by atoms with Crippen LogP contribution in [0.3, 0.4) is 0 Å². The van der Waals surface area contributed by atoms with Crippen molar-refractivity contribution in [2.24, 2.45) is 0 Å². The van der Waals surface area contributed by atoms with Gasteiger partial charge in [-0.05, 0) is 29.9 Å². The third-order valence-corrected chi connectivity index (χ3v) is 3.25. The highest BCUT2D eigenvalue weighted by Gasteiger charge is 1.99. The van der Waals surface area contributed by atoms with Crippen LogP contribution in [0.25, 0.3) is 9.40 Å². The van der Waals surface area contributed by atoms with Crippen LogP contribution in [-0.4, -0.2) is 4.37 Å². The Morgan fingerprint density at radius 3 is 3.22 bits per heavy atom. The lowest BCUT2D eigenvalue weighted by molar-refractivity contribution is 1.38. The number of aromatic nitrogens is 1. The van der Waals surface area contributed by atoms with Crippen LogP contribution < -0.4 is 0 Å². The first-order valence-corrected chi connectivity index (χ1v) is 4.33. The maximum absolute atomic E-state index is 4.21. The van der Waals surface area contributed by atoms with Gasteiger partial charge in [-0.3, -0.25) is 0 Å². The summed E-state index contributed by atoms with van der Waals surface area (Å²) < 4.78 is 5.55. The fourth-order valence-electron chi connectivity index (χ4n) is 0.793. The summed E-state index contributed by atoms with van der Waals surface area (Å²) in [6.07, 6.45) is 0. The summed E-state index contributed by atoms with van der Waals surface area (Å²) in [6.45, 7) is 2.05. The van der Waals surface area contributed by atoms with E-state index in [-0.39, 0.29) is 0 Å². The monoisotopic (exact) mass is 155 g/mol. The van der Waals surface area contributed by atoms with Gasteiger partial charge in [-0.25, -0.2) is 0 Å². The molecule has 0 aliphatic carbocycles. The first-order valence-electron chi connectivity index (χ1n) is 2.67. The second-order valence-electron chi connectivity index (χ2n) is 1.89. The van der Waals surface area contributed by atoms with Crippen molar-refractivity contribution in [2.75, 3.05) is 0 Å². The molecule has 3 heteroatoms. The highest BCUT2D eigenvalue weighted by atomic mass is 32.2. The molecule has 0 saturated heterocycles. The van der Waals surface area contributed by atoms with Crippen LogP contribution in [-0.2, 0) is 0 Å². The van der Waals surface area contributed by atoms with Crippen LogP contribution in [0.4, 0.5) is 0 Å². The molecule has 2 aromatic rings. The van der Waals surface area contributed by atoms with Crippen LogP contribution in [0.2, 0.25) is 0 Å². The molecule has 0 unspecified atom stereocenters. The van der Waals surface area contributed by atoms with E-state index in [0.29, 0.717) is 0 Å². The van der Waals surface area contributed by atoms with E-state index in [2.05, 4.69) is 15.8 Å². The molecule has 0 aliphatic heterocycles. The standard InChI is InChI=1S/C6H5NS2/c1-4-5-2-3-8-6(5)9-7-4/h2-3H,1H3. The first-order chi connectivity index (χ1) is 4.38. The molecule has 0 bridgehead atoms. The molecule has 0 amide bonds. The molecule has 0 aliphatic rings. The molecule has 2 rings (SSSR count). The normalized spacial score (nSPS) is 10.8. The number of aryl methyl sites for hydroxylation is 1. The Hall–Kier alpha value is -0.410. The van der Waals surface area contributed by atoms with E-state index in [4.69, 9.17) is 0 Å². The number of hydrogen-bond donors (Lipinski definition) is 0. The lowest BCUT2D eigenvalue weighted by Gasteiger charge is -1.73. The molecule has 0 aromatic carbocycles. The summed E-state index contributed by atoms with van der Waals surface area (Å²) in [5.74, 6) is 0. The molecule has 46 valence electrons. The predicted octanol–water partition coefficient (Wildman–Crippen LogP) is 2.67. The zero-order valence-corrected chi connectivity index (χ0v) is 6.55. The van der Waals surface area contributed by atoms with Crippen LogP contribution in [0.5, 0.6) is 0 Å². The summed E-state index contributed by atoms with van der Waals surface area (Å²) in [5.41, 5.74) is 1.16. The molecule has 2 aromatic heterocycles. The molecule has 0 saturated carbocycles. The summed E-state index contributed by atoms with van der Waals surface area (Å²) in [6, 6.07) is 2.12. The van der Waals surface area contributed by atoms with Gasteiger partial charge in [-0.2, -0.15) is 4.37 Å². The van der Waals surface area contributed by atoms with Crippen LogP contribution in [0.1, 0.15) is 5.69 Å². The molecule has 0 fully saturated rings. The van der Waals surface area contributed by atoms with Gasteiger partial charge in [-0.1, -0.05) is 0 Å². The largest absolute Gasteiger partial charge is 0.196 e. The molecule has 0 atom stereocenters. The lowest BCUT2D eigenvalue weighted by atomic mass is 10.3. The highest BCUT2D eigenvalue weighted by Crippen LogP contribution is 2.26. The smallest absolute Gasteiger partial charge is 0.107 e. The van der Waals surface area contributed by atoms with E-state index in [1.54, 1.807) is 22.9 Å². The summed E-state index contributed by atoms with van der Waals surface area (Å²) in [5, 5.41) is 3.43. The van der Waals surface area contributed by atoms with E-state index < -0.39 is 0 Å². The second kappa shape index (κ2) is 1.78. The molecule has 2 heterocycles. The molecule has 0 spiro atoms. The SMILES string of the molecule is Cc1nsc2sccc12. The molecule has 1 nitrogen and oxygen atoms in total. The third-order valence-electron chi connectivity index (χ3n) is 1.28. The molecular formula is C6H5NS2. The van der Waals surface area contributed by atoms with Crippen molar-refractivity contribution < 1.29 is 0 Å². The van der Waals surface area contributed by atoms with E-state index in [1.807, 2.05) is 6.92 Å². The molecule has 0 radical (unpaired) electrons. The highest BCUT2D eigenvalue weighted by molar-refractivity contribution is 7.35. The van der Waals surface area contributed by atoms with E-state index in [0.717, 1.165) is 5.69 Å². The quantitative estimate of drug-likeness (QED) is 0.570. The first kappa shape index (κ1) is 5.38. The van der Waals surface area contributed by atoms with E-state index in [1.165, 1.54) is 9.40 Å². The van der Waals surface area contributed by atoms with Gasteiger partial charge in [0.25, 0.3) is 0 Å².